The Labute approximate surface area is 104 Å². The molecule has 0 aliphatic heterocycles. The summed E-state index contributed by atoms with van der Waals surface area (Å²) in [7, 11) is 0. The minimum atomic E-state index is 0.430. The largest absolute Gasteiger partial charge is 0.399 e. The molecule has 0 saturated carbocycles. The number of nitrogen functional groups attached to an aromatic ring is 1. The number of halogens is 1. The molecule has 0 fully saturated rings. The van der Waals surface area contributed by atoms with Gasteiger partial charge in [0.25, 0.3) is 0 Å². The number of hydrogen-bond acceptors (Lipinski definition) is 3. The first-order valence-corrected chi connectivity index (χ1v) is 8.43. The second-order valence-corrected chi connectivity index (χ2v) is 5.24. The molecule has 0 bridgehead atoms. The number of anilines is 2. The molecule has 5 heteroatoms. The zero-order chi connectivity index (χ0) is 11.4. The van der Waals surface area contributed by atoms with Gasteiger partial charge in [-0.1, -0.05) is 6.58 Å². The van der Waals surface area contributed by atoms with Crippen LogP contribution in [-0.2, 0) is 0 Å². The number of rotatable bonds is 4. The molecule has 1 unspecified atom stereocenters. The van der Waals surface area contributed by atoms with Crippen LogP contribution >= 0.6 is 28.4 Å². The van der Waals surface area contributed by atoms with Gasteiger partial charge in [-0.05, 0) is 52.7 Å². The van der Waals surface area contributed by atoms with Crippen molar-refractivity contribution in [2.75, 3.05) is 10.8 Å². The van der Waals surface area contributed by atoms with Crippen LogP contribution in [0.25, 0.3) is 0 Å². The first kappa shape index (κ1) is 12.5. The van der Waals surface area contributed by atoms with E-state index < -0.39 is 0 Å². The summed E-state index contributed by atoms with van der Waals surface area (Å²) < 4.78 is 0. The van der Waals surface area contributed by atoms with Crippen molar-refractivity contribution in [3.05, 3.63) is 35.9 Å². The average molecular weight is 333 g/mol. The maximum atomic E-state index is 7.91. The Bertz CT molecular complexity index is 404. The van der Waals surface area contributed by atoms with E-state index in [1.165, 1.54) is 0 Å². The number of benzene rings is 1. The van der Waals surface area contributed by atoms with Gasteiger partial charge in [0.05, 0.1) is 5.71 Å². The van der Waals surface area contributed by atoms with E-state index in [-0.39, 0.29) is 0 Å². The van der Waals surface area contributed by atoms with E-state index >= 15 is 0 Å². The molecule has 0 aliphatic rings. The fourth-order valence-electron chi connectivity index (χ4n) is 1.16. The summed E-state index contributed by atoms with van der Waals surface area (Å²) in [6.07, 6.45) is 0.568. The van der Waals surface area contributed by atoms with Crippen molar-refractivity contribution >= 4 is 45.5 Å². The van der Waals surface area contributed by atoms with E-state index in [1.807, 2.05) is 19.1 Å². The molecule has 1 aromatic rings. The molecule has 0 saturated heterocycles. The lowest BCUT2D eigenvalue weighted by atomic mass is 10.0. The number of nitrogens with one attached hydrogen (secondary N) is 2. The highest BCUT2D eigenvalue weighted by molar-refractivity contribution is 14.2. The minimum Gasteiger partial charge on any atom is -0.399 e. The molecular formula is C10H13IN3P. The third-order valence-corrected chi connectivity index (χ3v) is 3.09. The summed E-state index contributed by atoms with van der Waals surface area (Å²) >= 11 is 2.25. The molecule has 0 aliphatic carbocycles. The topological polar surface area (TPSA) is 61.9 Å². The van der Waals surface area contributed by atoms with Gasteiger partial charge >= 0.3 is 0 Å². The second kappa shape index (κ2) is 5.47. The summed E-state index contributed by atoms with van der Waals surface area (Å²) in [5.41, 5.74) is 9.29. The van der Waals surface area contributed by atoms with Gasteiger partial charge in [0, 0.05) is 23.3 Å². The number of nitrogens with two attached hydrogens (primary N) is 1. The molecule has 1 aromatic carbocycles. The zero-order valence-electron chi connectivity index (χ0n) is 8.39. The minimum absolute atomic E-state index is 0.430. The van der Waals surface area contributed by atoms with Crippen LogP contribution in [-0.4, -0.2) is 5.71 Å². The van der Waals surface area contributed by atoms with Crippen LogP contribution in [0.5, 0.6) is 0 Å². The Morgan fingerprint density at radius 2 is 2.27 bits per heavy atom. The molecule has 1 atom stereocenters. The van der Waals surface area contributed by atoms with E-state index in [4.69, 9.17) is 11.1 Å². The summed E-state index contributed by atoms with van der Waals surface area (Å²) in [5, 5.41) is 11.1. The standard InChI is InChI=1S/C10H13IN3P/c1-6(2)10(13)8-5-7(12)3-4-9(8)14-15-11/h3-5,13-15H,1,12H2,2H3. The van der Waals surface area contributed by atoms with Crippen molar-refractivity contribution in [1.29, 1.82) is 5.41 Å². The number of hydrogen-bond donors (Lipinski definition) is 3. The van der Waals surface area contributed by atoms with Crippen molar-refractivity contribution in [3.63, 3.8) is 0 Å². The molecule has 80 valence electrons. The molecule has 3 nitrogen and oxygen atoms in total. The van der Waals surface area contributed by atoms with Gasteiger partial charge in [-0.3, -0.25) is 5.41 Å². The predicted octanol–water partition coefficient (Wildman–Crippen LogP) is 3.57. The quantitative estimate of drug-likeness (QED) is 0.341. The molecule has 15 heavy (non-hydrogen) atoms. The summed E-state index contributed by atoms with van der Waals surface area (Å²) in [5.74, 6) is 0. The van der Waals surface area contributed by atoms with Crippen LogP contribution in [0.3, 0.4) is 0 Å². The van der Waals surface area contributed by atoms with E-state index in [0.29, 0.717) is 17.8 Å². The van der Waals surface area contributed by atoms with E-state index in [0.717, 1.165) is 16.8 Å². The summed E-state index contributed by atoms with van der Waals surface area (Å²) in [6.45, 7) is 5.59. The molecule has 1 rings (SSSR count). The Kier molecular flexibility index (Phi) is 4.54. The first-order chi connectivity index (χ1) is 7.06. The van der Waals surface area contributed by atoms with Gasteiger partial charge in [-0.25, -0.2) is 0 Å². The Hall–Kier alpha value is -0.610. The van der Waals surface area contributed by atoms with E-state index in [2.05, 4.69) is 33.7 Å². The molecule has 0 amide bonds. The lowest BCUT2D eigenvalue weighted by Crippen LogP contribution is -2.04. The van der Waals surface area contributed by atoms with Gasteiger partial charge in [0.2, 0.25) is 0 Å². The Balaban J connectivity index is 3.17. The molecule has 4 N–H and O–H groups in total. The SMILES string of the molecule is C=C(C)C(=N)c1cc(N)ccc1NPI. The van der Waals surface area contributed by atoms with Crippen molar-refractivity contribution in [3.8, 4) is 0 Å². The highest BCUT2D eigenvalue weighted by atomic mass is 127. The Morgan fingerprint density at radius 1 is 1.60 bits per heavy atom. The van der Waals surface area contributed by atoms with Crippen LogP contribution < -0.4 is 10.8 Å². The monoisotopic (exact) mass is 333 g/mol. The van der Waals surface area contributed by atoms with Crippen LogP contribution in [0.1, 0.15) is 12.5 Å². The highest BCUT2D eigenvalue weighted by Gasteiger charge is 2.08. The molecule has 0 aromatic heterocycles. The van der Waals surface area contributed by atoms with Crippen molar-refractivity contribution in [2.24, 2.45) is 0 Å². The van der Waals surface area contributed by atoms with Gasteiger partial charge < -0.3 is 10.8 Å². The lowest BCUT2D eigenvalue weighted by molar-refractivity contribution is 1.44. The highest BCUT2D eigenvalue weighted by Crippen LogP contribution is 2.29. The average Bonchev–Trinajstić information content (AvgIpc) is 2.20. The zero-order valence-corrected chi connectivity index (χ0v) is 11.6. The molecule has 0 spiro atoms. The van der Waals surface area contributed by atoms with Crippen LogP contribution in [0.2, 0.25) is 0 Å². The van der Waals surface area contributed by atoms with Crippen molar-refractivity contribution in [1.82, 2.24) is 0 Å². The number of allylic oxidation sites excluding steroid dienone is 1. The third kappa shape index (κ3) is 3.18. The van der Waals surface area contributed by atoms with Gasteiger partial charge in [-0.2, -0.15) is 0 Å². The third-order valence-electron chi connectivity index (χ3n) is 1.92. The fraction of sp³-hybridized carbons (Fsp3) is 0.100. The van der Waals surface area contributed by atoms with Crippen LogP contribution in [0.4, 0.5) is 11.4 Å². The second-order valence-electron chi connectivity index (χ2n) is 3.18. The van der Waals surface area contributed by atoms with Gasteiger partial charge in [0.1, 0.15) is 0 Å². The molecule has 0 radical (unpaired) electrons. The van der Waals surface area contributed by atoms with Crippen molar-refractivity contribution in [2.45, 2.75) is 6.92 Å². The van der Waals surface area contributed by atoms with Gasteiger partial charge in [0.15, 0.2) is 0 Å². The smallest absolute Gasteiger partial charge is 0.0657 e. The van der Waals surface area contributed by atoms with Crippen LogP contribution in [0, 0.1) is 5.41 Å². The van der Waals surface area contributed by atoms with E-state index in [1.54, 1.807) is 6.07 Å². The predicted molar refractivity (Wildman–Crippen MR) is 78.5 cm³/mol. The normalized spacial score (nSPS) is 10.5. The van der Waals surface area contributed by atoms with Crippen LogP contribution in [0.15, 0.2) is 30.4 Å². The molecular weight excluding hydrogens is 320 g/mol. The maximum absolute atomic E-state index is 7.91. The fourth-order valence-corrected chi connectivity index (χ4v) is 2.35. The summed E-state index contributed by atoms with van der Waals surface area (Å²) in [4.78, 5) is 0. The summed E-state index contributed by atoms with van der Waals surface area (Å²) in [6, 6.07) is 5.53. The van der Waals surface area contributed by atoms with Gasteiger partial charge in [-0.15, -0.1) is 0 Å². The lowest BCUT2D eigenvalue weighted by Gasteiger charge is -2.11. The van der Waals surface area contributed by atoms with Crippen molar-refractivity contribution < 1.29 is 0 Å². The first-order valence-electron chi connectivity index (χ1n) is 4.32. The van der Waals surface area contributed by atoms with E-state index in [9.17, 15) is 0 Å². The Morgan fingerprint density at radius 3 is 2.80 bits per heavy atom. The molecule has 0 heterocycles. The maximum Gasteiger partial charge on any atom is 0.0657 e.